The molecule has 1 unspecified atom stereocenters. The van der Waals surface area contributed by atoms with Gasteiger partial charge in [-0.2, -0.15) is 0 Å². The minimum atomic E-state index is -4.01. The molecule has 1 amide bonds. The molecule has 10 heteroatoms. The van der Waals surface area contributed by atoms with Gasteiger partial charge in [0.15, 0.2) is 6.10 Å². The van der Waals surface area contributed by atoms with E-state index in [2.05, 4.69) is 5.32 Å². The van der Waals surface area contributed by atoms with Crippen LogP contribution in [0.5, 0.6) is 5.75 Å². The zero-order valence-electron chi connectivity index (χ0n) is 18.3. The first kappa shape index (κ1) is 23.6. The van der Waals surface area contributed by atoms with Crippen LogP contribution in [0, 0.1) is 6.92 Å². The first-order chi connectivity index (χ1) is 16.2. The number of nitrogens with zero attached hydrogens (tertiary/aromatic N) is 1. The fourth-order valence-electron chi connectivity index (χ4n) is 3.62. The largest absolute Gasteiger partial charge is 0.476 e. The Kier molecular flexibility index (Phi) is 6.49. The second-order valence-corrected chi connectivity index (χ2v) is 9.82. The number of ether oxygens (including phenoxy) is 2. The number of halogens is 1. The molecule has 1 heterocycles. The van der Waals surface area contributed by atoms with Crippen molar-refractivity contribution >= 4 is 44.9 Å². The quantitative estimate of drug-likeness (QED) is 0.531. The average Bonchev–Trinajstić information content (AvgIpc) is 2.84. The molecule has 1 aliphatic heterocycles. The van der Waals surface area contributed by atoms with Crippen LogP contribution in [0.25, 0.3) is 0 Å². The molecule has 0 bridgehead atoms. The van der Waals surface area contributed by atoms with E-state index in [9.17, 15) is 18.0 Å². The number of carbonyl (C=O) groups excluding carboxylic acids is 2. The molecule has 0 radical (unpaired) electrons. The number of hydrogen-bond acceptors (Lipinski definition) is 6. The molecule has 34 heavy (non-hydrogen) atoms. The van der Waals surface area contributed by atoms with Crippen molar-refractivity contribution in [3.05, 3.63) is 82.9 Å². The number of nitrogens with one attached hydrogen (secondary N) is 1. The molecule has 176 valence electrons. The standard InChI is InChI=1S/C24H21ClN2O6S/c1-15-18(24(29)32-2)6-5-7-19(15)26-23(28)22-14-27(20-8-3-4-9-21(20)33-22)34(30,31)17-12-10-16(25)11-13-17/h3-13,22H,14H2,1-2H3,(H,26,28). The van der Waals surface area contributed by atoms with E-state index in [0.717, 1.165) is 4.31 Å². The Morgan fingerprint density at radius 1 is 1.06 bits per heavy atom. The summed E-state index contributed by atoms with van der Waals surface area (Å²) in [5.41, 5.74) is 1.54. The van der Waals surface area contributed by atoms with Crippen molar-refractivity contribution < 1.29 is 27.5 Å². The van der Waals surface area contributed by atoms with Crippen LogP contribution in [0.15, 0.2) is 71.6 Å². The third-order valence-corrected chi connectivity index (χ3v) is 7.47. The van der Waals surface area contributed by atoms with Crippen molar-refractivity contribution in [2.75, 3.05) is 23.3 Å². The Morgan fingerprint density at radius 2 is 1.76 bits per heavy atom. The van der Waals surface area contributed by atoms with Crippen molar-refractivity contribution in [2.45, 2.75) is 17.9 Å². The monoisotopic (exact) mass is 500 g/mol. The Balaban J connectivity index is 1.66. The molecule has 4 rings (SSSR count). The van der Waals surface area contributed by atoms with Gasteiger partial charge in [-0.15, -0.1) is 0 Å². The number of methoxy groups -OCH3 is 1. The maximum absolute atomic E-state index is 13.4. The van der Waals surface area contributed by atoms with E-state index in [1.165, 1.54) is 31.4 Å². The van der Waals surface area contributed by atoms with E-state index in [-0.39, 0.29) is 17.2 Å². The van der Waals surface area contributed by atoms with Gasteiger partial charge in [0.1, 0.15) is 5.75 Å². The van der Waals surface area contributed by atoms with E-state index in [0.29, 0.717) is 27.5 Å². The second kappa shape index (κ2) is 9.36. The number of hydrogen-bond donors (Lipinski definition) is 1. The molecule has 0 saturated carbocycles. The molecule has 0 aliphatic carbocycles. The maximum atomic E-state index is 13.4. The predicted molar refractivity (Wildman–Crippen MR) is 128 cm³/mol. The van der Waals surface area contributed by atoms with Gasteiger partial charge in [-0.05, 0) is 61.0 Å². The Morgan fingerprint density at radius 3 is 2.47 bits per heavy atom. The number of para-hydroxylation sites is 2. The van der Waals surface area contributed by atoms with Crippen LogP contribution >= 0.6 is 11.6 Å². The number of rotatable bonds is 5. The number of amides is 1. The average molecular weight is 501 g/mol. The van der Waals surface area contributed by atoms with E-state index < -0.39 is 28.0 Å². The third-order valence-electron chi connectivity index (χ3n) is 5.43. The summed E-state index contributed by atoms with van der Waals surface area (Å²) in [6.45, 7) is 1.43. The first-order valence-electron chi connectivity index (χ1n) is 10.2. The van der Waals surface area contributed by atoms with Crippen molar-refractivity contribution in [3.63, 3.8) is 0 Å². The first-order valence-corrected chi connectivity index (χ1v) is 12.1. The smallest absolute Gasteiger partial charge is 0.338 e. The maximum Gasteiger partial charge on any atom is 0.338 e. The number of esters is 1. The van der Waals surface area contributed by atoms with Crippen LogP contribution in [-0.4, -0.2) is 40.1 Å². The summed E-state index contributed by atoms with van der Waals surface area (Å²) in [5.74, 6) is -0.834. The lowest BCUT2D eigenvalue weighted by molar-refractivity contribution is -0.122. The van der Waals surface area contributed by atoms with Crippen LogP contribution < -0.4 is 14.4 Å². The zero-order chi connectivity index (χ0) is 24.5. The molecule has 8 nitrogen and oxygen atoms in total. The SMILES string of the molecule is COC(=O)c1cccc(NC(=O)C2CN(S(=O)(=O)c3ccc(Cl)cc3)c3ccccc3O2)c1C. The minimum absolute atomic E-state index is 0.0365. The number of benzene rings is 3. The van der Waals surface area contributed by atoms with Crippen molar-refractivity contribution in [1.82, 2.24) is 0 Å². The van der Waals surface area contributed by atoms with Crippen LogP contribution in [0.4, 0.5) is 11.4 Å². The molecule has 1 aliphatic rings. The number of sulfonamides is 1. The summed E-state index contributed by atoms with van der Waals surface area (Å²) in [5, 5.41) is 3.14. The van der Waals surface area contributed by atoms with Crippen LogP contribution in [0.2, 0.25) is 5.02 Å². The summed E-state index contributed by atoms with van der Waals surface area (Å²) in [7, 11) is -2.73. The molecule has 0 saturated heterocycles. The molecule has 3 aromatic carbocycles. The summed E-state index contributed by atoms with van der Waals surface area (Å²) in [4.78, 5) is 25.2. The van der Waals surface area contributed by atoms with E-state index >= 15 is 0 Å². The summed E-state index contributed by atoms with van der Waals surface area (Å²) in [6.07, 6.45) is -1.14. The molecule has 0 spiro atoms. The van der Waals surface area contributed by atoms with Gasteiger partial charge in [0.2, 0.25) is 0 Å². The molecule has 3 aromatic rings. The highest BCUT2D eigenvalue weighted by Crippen LogP contribution is 2.37. The van der Waals surface area contributed by atoms with Gasteiger partial charge in [0.05, 0.1) is 29.8 Å². The van der Waals surface area contributed by atoms with Gasteiger partial charge in [0.25, 0.3) is 15.9 Å². The van der Waals surface area contributed by atoms with Crippen molar-refractivity contribution in [1.29, 1.82) is 0 Å². The van der Waals surface area contributed by atoms with Gasteiger partial charge in [0, 0.05) is 10.7 Å². The lowest BCUT2D eigenvalue weighted by Gasteiger charge is -2.34. The molecule has 0 aromatic heterocycles. The lowest BCUT2D eigenvalue weighted by Crippen LogP contribution is -2.48. The number of anilines is 2. The van der Waals surface area contributed by atoms with Crippen LogP contribution in [0.1, 0.15) is 15.9 Å². The van der Waals surface area contributed by atoms with Gasteiger partial charge in [-0.3, -0.25) is 9.10 Å². The molecule has 1 N–H and O–H groups in total. The van der Waals surface area contributed by atoms with Crippen molar-refractivity contribution in [3.8, 4) is 5.75 Å². The third kappa shape index (κ3) is 4.44. The van der Waals surface area contributed by atoms with E-state index in [1.54, 1.807) is 49.4 Å². The van der Waals surface area contributed by atoms with E-state index in [4.69, 9.17) is 21.1 Å². The summed E-state index contributed by atoms with van der Waals surface area (Å²) >= 11 is 5.91. The summed E-state index contributed by atoms with van der Waals surface area (Å²) < 4.78 is 38.7. The highest BCUT2D eigenvalue weighted by molar-refractivity contribution is 7.92. The van der Waals surface area contributed by atoms with Crippen LogP contribution in [0.3, 0.4) is 0 Å². The normalized spacial score (nSPS) is 15.1. The van der Waals surface area contributed by atoms with E-state index in [1.807, 2.05) is 0 Å². The van der Waals surface area contributed by atoms with Gasteiger partial charge in [-0.25, -0.2) is 13.2 Å². The zero-order valence-corrected chi connectivity index (χ0v) is 19.9. The van der Waals surface area contributed by atoms with Gasteiger partial charge < -0.3 is 14.8 Å². The number of fused-ring (bicyclic) bond motifs is 1. The molecular weight excluding hydrogens is 480 g/mol. The molecular formula is C24H21ClN2O6S. The highest BCUT2D eigenvalue weighted by atomic mass is 35.5. The van der Waals surface area contributed by atoms with Gasteiger partial charge >= 0.3 is 5.97 Å². The summed E-state index contributed by atoms with van der Waals surface area (Å²) in [6, 6.07) is 17.2. The Bertz CT molecular complexity index is 1360. The Labute approximate surface area is 202 Å². The fraction of sp³-hybridized carbons (Fsp3) is 0.167. The van der Waals surface area contributed by atoms with Crippen LogP contribution in [-0.2, 0) is 19.6 Å². The fourth-order valence-corrected chi connectivity index (χ4v) is 5.22. The topological polar surface area (TPSA) is 102 Å². The highest BCUT2D eigenvalue weighted by Gasteiger charge is 2.37. The molecule has 1 atom stereocenters. The Hall–Kier alpha value is -3.56. The van der Waals surface area contributed by atoms with Gasteiger partial charge in [-0.1, -0.05) is 29.8 Å². The second-order valence-electron chi connectivity index (χ2n) is 7.52. The number of carbonyl (C=O) groups is 2. The molecule has 0 fully saturated rings. The lowest BCUT2D eigenvalue weighted by atomic mass is 10.1. The van der Waals surface area contributed by atoms with Crippen molar-refractivity contribution in [2.24, 2.45) is 0 Å². The predicted octanol–water partition coefficient (Wildman–Crippen LogP) is 4.03. The minimum Gasteiger partial charge on any atom is -0.476 e.